The Hall–Kier alpha value is -2.59. The average molecular weight is 383 g/mol. The van der Waals surface area contributed by atoms with Gasteiger partial charge in [-0.05, 0) is 30.7 Å². The minimum Gasteiger partial charge on any atom is -0.550 e. The summed E-state index contributed by atoms with van der Waals surface area (Å²) in [5.74, 6) is 3.93. The van der Waals surface area contributed by atoms with E-state index in [1.165, 1.54) is 0 Å². The number of anilines is 1. The van der Waals surface area contributed by atoms with Crippen LogP contribution in [0, 0.1) is 0 Å². The lowest BCUT2D eigenvalue weighted by molar-refractivity contribution is -0.305. The Morgan fingerprint density at radius 3 is 2.60 bits per heavy atom. The molecule has 1 amide bonds. The monoisotopic (exact) mass is 382 g/mol. The van der Waals surface area contributed by atoms with Crippen molar-refractivity contribution >= 4 is 40.9 Å². The van der Waals surface area contributed by atoms with Crippen molar-refractivity contribution in [1.82, 2.24) is 14.9 Å². The number of nitrogen functional groups attached to an aromatic ring is 1. The van der Waals surface area contributed by atoms with Crippen LogP contribution in [0.3, 0.4) is 0 Å². The van der Waals surface area contributed by atoms with Gasteiger partial charge >= 0.3 is 0 Å². The number of aryl methyl sites for hydroxylation is 1. The molecular weight excluding hydrogens is 370 g/mol. The fourth-order valence-corrected chi connectivity index (χ4v) is 2.54. The largest absolute Gasteiger partial charge is 0.550 e. The zero-order valence-corrected chi connectivity index (χ0v) is 14.3. The first kappa shape index (κ1) is 18.7. The van der Waals surface area contributed by atoms with E-state index in [0.717, 1.165) is 16.4 Å². The number of hydrogen-bond acceptors (Lipinski definition) is 8. The summed E-state index contributed by atoms with van der Waals surface area (Å²) in [7, 11) is 0. The molecule has 1 heterocycles. The number of thioether (sulfide) groups is 1. The van der Waals surface area contributed by atoms with Crippen molar-refractivity contribution in [1.29, 1.82) is 0 Å². The molecule has 0 bridgehead atoms. The Balaban J connectivity index is 1.97. The topological polar surface area (TPSA) is 143 Å². The smallest absolute Gasteiger partial charge is 0.294 e. The number of amides is 1. The van der Waals surface area contributed by atoms with Gasteiger partial charge in [-0.25, -0.2) is 0 Å². The van der Waals surface area contributed by atoms with Crippen molar-refractivity contribution in [2.45, 2.75) is 18.0 Å². The number of nitrogens with zero attached hydrogens (tertiary/aromatic N) is 3. The number of nitrogens with one attached hydrogen (secondary N) is 1. The summed E-state index contributed by atoms with van der Waals surface area (Å²) in [5.41, 5.74) is -0.178. The maximum atomic E-state index is 12.0. The van der Waals surface area contributed by atoms with Crippen molar-refractivity contribution in [3.63, 3.8) is 0 Å². The molecule has 2 rings (SSSR count). The van der Waals surface area contributed by atoms with Crippen LogP contribution in [0.5, 0.6) is 0 Å². The van der Waals surface area contributed by atoms with Crippen molar-refractivity contribution in [3.8, 4) is 0 Å². The molecule has 2 aromatic rings. The van der Waals surface area contributed by atoms with Crippen molar-refractivity contribution in [2.75, 3.05) is 16.9 Å². The lowest BCUT2D eigenvalue weighted by Crippen LogP contribution is -2.34. The predicted octanol–water partition coefficient (Wildman–Crippen LogP) is -0.581. The average Bonchev–Trinajstić information content (AvgIpc) is 2.57. The number of aromatic nitrogens is 3. The van der Waals surface area contributed by atoms with Gasteiger partial charge in [0.1, 0.15) is 5.69 Å². The summed E-state index contributed by atoms with van der Waals surface area (Å²) in [6.45, 7) is 0. The summed E-state index contributed by atoms with van der Waals surface area (Å²) in [4.78, 5) is 34.3. The van der Waals surface area contributed by atoms with Gasteiger partial charge in [-0.2, -0.15) is 4.68 Å². The Labute approximate surface area is 151 Å². The van der Waals surface area contributed by atoms with Gasteiger partial charge in [-0.1, -0.05) is 23.4 Å². The van der Waals surface area contributed by atoms with Crippen LogP contribution in [0.4, 0.5) is 5.69 Å². The van der Waals surface area contributed by atoms with Gasteiger partial charge in [0.05, 0.1) is 5.75 Å². The van der Waals surface area contributed by atoms with E-state index in [-0.39, 0.29) is 35.4 Å². The summed E-state index contributed by atoms with van der Waals surface area (Å²) in [6, 6.07) is 6.57. The molecule has 11 heteroatoms. The fraction of sp³-hybridized carbons (Fsp3) is 0.214. The standard InChI is InChI=1S/C14H14ClN5O4S/c15-8-1-3-9(4-2-8)17-11(21)7-25-14-19-18-10(5-6-12(22)23)13(24)20(14)16/h1-4H,5-7,16H2,(H,17,21)(H,22,23)/p-1. The molecule has 0 unspecified atom stereocenters. The third kappa shape index (κ3) is 5.47. The Morgan fingerprint density at radius 1 is 1.28 bits per heavy atom. The first-order chi connectivity index (χ1) is 11.9. The molecule has 0 spiro atoms. The van der Waals surface area contributed by atoms with E-state index < -0.39 is 11.5 Å². The molecule has 1 aromatic carbocycles. The summed E-state index contributed by atoms with van der Waals surface area (Å²) in [6.07, 6.45) is -0.493. The van der Waals surface area contributed by atoms with Crippen LogP contribution >= 0.6 is 23.4 Å². The van der Waals surface area contributed by atoms with E-state index in [4.69, 9.17) is 17.4 Å². The molecule has 0 fully saturated rings. The first-order valence-corrected chi connectivity index (χ1v) is 8.35. The van der Waals surface area contributed by atoms with Crippen molar-refractivity contribution in [2.24, 2.45) is 0 Å². The number of hydrogen-bond donors (Lipinski definition) is 2. The fourth-order valence-electron chi connectivity index (χ4n) is 1.76. The Bertz CT molecular complexity index is 840. The molecule has 0 radical (unpaired) electrons. The Kier molecular flexibility index (Phi) is 6.37. The van der Waals surface area contributed by atoms with E-state index in [0.29, 0.717) is 10.7 Å². The quantitative estimate of drug-likeness (QED) is 0.478. The number of aliphatic carboxylic acids is 1. The van der Waals surface area contributed by atoms with Crippen LogP contribution in [-0.2, 0) is 16.0 Å². The van der Waals surface area contributed by atoms with E-state index in [1.54, 1.807) is 24.3 Å². The van der Waals surface area contributed by atoms with Crippen LogP contribution in [-0.4, -0.2) is 32.5 Å². The number of carboxylic acid groups (broad SMARTS) is 1. The number of rotatable bonds is 7. The highest BCUT2D eigenvalue weighted by atomic mass is 35.5. The van der Waals surface area contributed by atoms with Gasteiger partial charge in [0.2, 0.25) is 11.1 Å². The summed E-state index contributed by atoms with van der Waals surface area (Å²) >= 11 is 6.68. The van der Waals surface area contributed by atoms with E-state index >= 15 is 0 Å². The minimum absolute atomic E-state index is 0.0356. The molecular formula is C14H13ClN5O4S-. The highest BCUT2D eigenvalue weighted by Gasteiger charge is 2.12. The van der Waals surface area contributed by atoms with Crippen LogP contribution in [0.2, 0.25) is 5.02 Å². The molecule has 0 saturated carbocycles. The predicted molar refractivity (Wildman–Crippen MR) is 90.6 cm³/mol. The van der Waals surface area contributed by atoms with Gasteiger partial charge in [0.15, 0.2) is 0 Å². The molecule has 0 atom stereocenters. The zero-order valence-electron chi connectivity index (χ0n) is 12.8. The maximum absolute atomic E-state index is 12.0. The molecule has 0 aliphatic rings. The van der Waals surface area contributed by atoms with Crippen LogP contribution in [0.1, 0.15) is 12.1 Å². The van der Waals surface area contributed by atoms with Crippen LogP contribution in [0.25, 0.3) is 0 Å². The normalized spacial score (nSPS) is 10.4. The van der Waals surface area contributed by atoms with E-state index in [1.807, 2.05) is 0 Å². The Morgan fingerprint density at radius 2 is 1.96 bits per heavy atom. The van der Waals surface area contributed by atoms with Gasteiger partial charge in [0.25, 0.3) is 5.56 Å². The van der Waals surface area contributed by atoms with Gasteiger partial charge in [-0.3, -0.25) is 9.59 Å². The number of carbonyl (C=O) groups excluding carboxylic acids is 2. The third-order valence-electron chi connectivity index (χ3n) is 2.95. The second-order valence-corrected chi connectivity index (χ2v) is 6.20. The highest BCUT2D eigenvalue weighted by molar-refractivity contribution is 7.99. The number of carboxylic acids is 1. The SMILES string of the molecule is Nn1c(SCC(=O)Nc2ccc(Cl)cc2)nnc(CCC(=O)[O-])c1=O. The molecule has 0 saturated heterocycles. The van der Waals surface area contributed by atoms with Crippen LogP contribution in [0.15, 0.2) is 34.2 Å². The first-order valence-electron chi connectivity index (χ1n) is 6.98. The molecule has 3 N–H and O–H groups in total. The summed E-state index contributed by atoms with van der Waals surface area (Å²) < 4.78 is 0.734. The lowest BCUT2D eigenvalue weighted by Gasteiger charge is -2.08. The number of benzene rings is 1. The molecule has 132 valence electrons. The zero-order chi connectivity index (χ0) is 18.4. The van der Waals surface area contributed by atoms with Gasteiger partial charge in [-0.15, -0.1) is 10.2 Å². The van der Waals surface area contributed by atoms with Crippen LogP contribution < -0.4 is 21.8 Å². The second kappa shape index (κ2) is 8.49. The third-order valence-corrected chi connectivity index (χ3v) is 4.15. The lowest BCUT2D eigenvalue weighted by atomic mass is 10.2. The number of nitrogens with two attached hydrogens (primary N) is 1. The van der Waals surface area contributed by atoms with Gasteiger partial charge < -0.3 is 21.1 Å². The highest BCUT2D eigenvalue weighted by Crippen LogP contribution is 2.15. The molecule has 0 aliphatic heterocycles. The van der Waals surface area contributed by atoms with Crippen molar-refractivity contribution < 1.29 is 14.7 Å². The van der Waals surface area contributed by atoms with Crippen molar-refractivity contribution in [3.05, 3.63) is 45.3 Å². The molecule has 25 heavy (non-hydrogen) atoms. The van der Waals surface area contributed by atoms with E-state index in [9.17, 15) is 19.5 Å². The van der Waals surface area contributed by atoms with Gasteiger partial charge in [0, 0.05) is 23.1 Å². The molecule has 1 aromatic heterocycles. The number of carbonyl (C=O) groups is 2. The molecule has 0 aliphatic carbocycles. The maximum Gasteiger partial charge on any atom is 0.294 e. The minimum atomic E-state index is -1.30. The summed E-state index contributed by atoms with van der Waals surface area (Å²) in [5, 5.41) is 21.1. The van der Waals surface area contributed by atoms with E-state index in [2.05, 4.69) is 15.5 Å². The second-order valence-electron chi connectivity index (χ2n) is 4.82. The number of halogens is 1. The molecule has 9 nitrogen and oxygen atoms in total.